The number of fused-ring (bicyclic) bond motifs is 1. The Bertz CT molecular complexity index is 1560. The number of nitrogens with one attached hydrogen (secondary N) is 1. The molecular formula is C29H30F3N5O3. The van der Waals surface area contributed by atoms with Crippen LogP contribution in [0.1, 0.15) is 60.4 Å². The first-order chi connectivity index (χ1) is 19.0. The molecule has 40 heavy (non-hydrogen) atoms. The summed E-state index contributed by atoms with van der Waals surface area (Å²) in [5, 5.41) is 13.1. The van der Waals surface area contributed by atoms with Gasteiger partial charge in [-0.2, -0.15) is 13.2 Å². The molecule has 0 aliphatic heterocycles. The number of aromatic carboxylic acids is 1. The summed E-state index contributed by atoms with van der Waals surface area (Å²) in [4.78, 5) is 25.2. The minimum absolute atomic E-state index is 0.0179. The lowest BCUT2D eigenvalue weighted by Gasteiger charge is -2.32. The molecule has 1 aliphatic rings. The SMILES string of the molecule is CCOc1cc(C(F)(F)F)ccc1Cn1c(-c2cccc(C)c2)nc2nc(C(=O)O)nc(NC(C)C3CCC3)c21. The summed E-state index contributed by atoms with van der Waals surface area (Å²) >= 11 is 0. The number of aromatic nitrogens is 4. The molecule has 11 heteroatoms. The van der Waals surface area contributed by atoms with E-state index in [0.717, 1.165) is 42.5 Å². The normalized spacial score (nSPS) is 14.7. The van der Waals surface area contributed by atoms with Crippen LogP contribution in [0.15, 0.2) is 42.5 Å². The number of hydrogen-bond acceptors (Lipinski definition) is 6. The van der Waals surface area contributed by atoms with Gasteiger partial charge in [-0.05, 0) is 57.7 Å². The zero-order valence-electron chi connectivity index (χ0n) is 22.4. The van der Waals surface area contributed by atoms with E-state index in [2.05, 4.69) is 15.3 Å². The number of nitrogens with zero attached hydrogens (tertiary/aromatic N) is 4. The molecule has 2 N–H and O–H groups in total. The molecule has 8 nitrogen and oxygen atoms in total. The quantitative estimate of drug-likeness (QED) is 0.242. The van der Waals surface area contributed by atoms with Gasteiger partial charge in [-0.3, -0.25) is 0 Å². The van der Waals surface area contributed by atoms with Gasteiger partial charge in [0.1, 0.15) is 17.1 Å². The van der Waals surface area contributed by atoms with Crippen molar-refractivity contribution in [1.82, 2.24) is 19.5 Å². The van der Waals surface area contributed by atoms with E-state index in [1.807, 2.05) is 42.7 Å². The van der Waals surface area contributed by atoms with Gasteiger partial charge in [0, 0.05) is 17.2 Å². The second kappa shape index (κ2) is 10.8. The highest BCUT2D eigenvalue weighted by molar-refractivity contribution is 5.92. The molecule has 0 radical (unpaired) electrons. The molecule has 1 fully saturated rings. The van der Waals surface area contributed by atoms with Crippen LogP contribution in [-0.2, 0) is 12.7 Å². The number of rotatable bonds is 9. The molecule has 1 saturated carbocycles. The van der Waals surface area contributed by atoms with Gasteiger partial charge < -0.3 is 19.7 Å². The van der Waals surface area contributed by atoms with Crippen molar-refractivity contribution in [3.8, 4) is 17.1 Å². The zero-order valence-corrected chi connectivity index (χ0v) is 22.4. The van der Waals surface area contributed by atoms with Gasteiger partial charge in [-0.15, -0.1) is 0 Å². The lowest BCUT2D eigenvalue weighted by Crippen LogP contribution is -2.31. The van der Waals surface area contributed by atoms with Gasteiger partial charge >= 0.3 is 12.1 Å². The maximum atomic E-state index is 13.5. The fraction of sp³-hybridized carbons (Fsp3) is 0.379. The Morgan fingerprint density at radius 3 is 2.58 bits per heavy atom. The molecule has 4 aromatic rings. The van der Waals surface area contributed by atoms with Crippen LogP contribution in [0.5, 0.6) is 5.75 Å². The van der Waals surface area contributed by atoms with Gasteiger partial charge in [0.25, 0.3) is 0 Å². The van der Waals surface area contributed by atoms with Crippen molar-refractivity contribution in [2.75, 3.05) is 11.9 Å². The minimum atomic E-state index is -4.52. The maximum Gasteiger partial charge on any atom is 0.416 e. The standard InChI is InChI=1S/C29H30F3N5O3/c1-4-40-22-14-21(29(30,31)32)12-11-20(22)15-37-23-24(33-17(3)18-8-6-9-18)34-26(28(38)39)35-25(23)36-27(37)19-10-5-7-16(2)13-19/h5,7,10-14,17-18H,4,6,8-9,15H2,1-3H3,(H,38,39)(H,33,34,35). The smallest absolute Gasteiger partial charge is 0.416 e. The first kappa shape index (κ1) is 27.4. The molecule has 1 unspecified atom stereocenters. The number of anilines is 1. The highest BCUT2D eigenvalue weighted by Gasteiger charge is 2.32. The van der Waals surface area contributed by atoms with Crippen molar-refractivity contribution < 1.29 is 27.8 Å². The van der Waals surface area contributed by atoms with Gasteiger partial charge in [-0.1, -0.05) is 36.2 Å². The molecule has 2 aromatic carbocycles. The molecule has 210 valence electrons. The molecule has 5 rings (SSSR count). The zero-order chi connectivity index (χ0) is 28.6. The predicted molar refractivity (Wildman–Crippen MR) is 145 cm³/mol. The predicted octanol–water partition coefficient (Wildman–Crippen LogP) is 6.57. The van der Waals surface area contributed by atoms with E-state index in [-0.39, 0.29) is 36.4 Å². The number of ether oxygens (including phenoxy) is 1. The van der Waals surface area contributed by atoms with Gasteiger partial charge in [0.05, 0.1) is 18.7 Å². The first-order valence-corrected chi connectivity index (χ1v) is 13.2. The molecule has 1 aliphatic carbocycles. The van der Waals surface area contributed by atoms with Gasteiger partial charge in [0.2, 0.25) is 5.82 Å². The molecule has 2 aromatic heterocycles. The number of benzene rings is 2. The number of alkyl halides is 3. The van der Waals surface area contributed by atoms with Crippen molar-refractivity contribution in [3.63, 3.8) is 0 Å². The highest BCUT2D eigenvalue weighted by atomic mass is 19.4. The van der Waals surface area contributed by atoms with Crippen LogP contribution in [-0.4, -0.2) is 43.2 Å². The largest absolute Gasteiger partial charge is 0.494 e. The van der Waals surface area contributed by atoms with E-state index in [4.69, 9.17) is 9.72 Å². The van der Waals surface area contributed by atoms with Crippen LogP contribution in [0.3, 0.4) is 0 Å². The third-order valence-corrected chi connectivity index (χ3v) is 7.31. The summed E-state index contributed by atoms with van der Waals surface area (Å²) in [5.41, 5.74) is 2.07. The second-order valence-electron chi connectivity index (χ2n) is 10.1. The van der Waals surface area contributed by atoms with E-state index < -0.39 is 17.7 Å². The molecule has 2 heterocycles. The number of halogens is 3. The Balaban J connectivity index is 1.72. The van der Waals surface area contributed by atoms with E-state index in [1.165, 1.54) is 6.07 Å². The van der Waals surface area contributed by atoms with Crippen LogP contribution in [0.2, 0.25) is 0 Å². The van der Waals surface area contributed by atoms with Crippen molar-refractivity contribution in [2.24, 2.45) is 5.92 Å². The van der Waals surface area contributed by atoms with Crippen LogP contribution in [0.4, 0.5) is 19.0 Å². The summed E-state index contributed by atoms with van der Waals surface area (Å²) < 4.78 is 47.9. The summed E-state index contributed by atoms with van der Waals surface area (Å²) in [6.45, 7) is 5.95. The summed E-state index contributed by atoms with van der Waals surface area (Å²) in [7, 11) is 0. The van der Waals surface area contributed by atoms with Gasteiger partial charge in [0.15, 0.2) is 11.5 Å². The second-order valence-corrected chi connectivity index (χ2v) is 10.1. The van der Waals surface area contributed by atoms with E-state index in [1.54, 1.807) is 6.92 Å². The third-order valence-electron chi connectivity index (χ3n) is 7.31. The van der Waals surface area contributed by atoms with Crippen LogP contribution < -0.4 is 10.1 Å². The molecule has 1 atom stereocenters. The van der Waals surface area contributed by atoms with Crippen LogP contribution in [0, 0.1) is 12.8 Å². The number of aryl methyl sites for hydroxylation is 1. The number of hydrogen-bond donors (Lipinski definition) is 2. The van der Waals surface area contributed by atoms with Crippen LogP contribution >= 0.6 is 0 Å². The fourth-order valence-electron chi connectivity index (χ4n) is 4.99. The average molecular weight is 554 g/mol. The van der Waals surface area contributed by atoms with Crippen molar-refractivity contribution in [2.45, 2.75) is 58.8 Å². The monoisotopic (exact) mass is 553 g/mol. The first-order valence-electron chi connectivity index (χ1n) is 13.2. The molecule has 0 saturated heterocycles. The fourth-order valence-corrected chi connectivity index (χ4v) is 4.99. The Morgan fingerprint density at radius 1 is 1.18 bits per heavy atom. The van der Waals surface area contributed by atoms with Crippen LogP contribution in [0.25, 0.3) is 22.6 Å². The van der Waals surface area contributed by atoms with E-state index in [9.17, 15) is 23.1 Å². The summed E-state index contributed by atoms with van der Waals surface area (Å²) in [6.07, 6.45) is -1.26. The molecule has 0 amide bonds. The van der Waals surface area contributed by atoms with Crippen molar-refractivity contribution in [1.29, 1.82) is 0 Å². The average Bonchev–Trinajstić information content (AvgIpc) is 3.22. The Kier molecular flexibility index (Phi) is 7.39. The molecule has 0 bridgehead atoms. The number of carbonyl (C=O) groups is 1. The number of imidazole rings is 1. The summed E-state index contributed by atoms with van der Waals surface area (Å²) in [5.74, 6) is -0.342. The minimum Gasteiger partial charge on any atom is -0.494 e. The topological polar surface area (TPSA) is 102 Å². The molecule has 0 spiro atoms. The number of carboxylic acid groups (broad SMARTS) is 1. The Hall–Kier alpha value is -4.15. The third kappa shape index (κ3) is 5.45. The Morgan fingerprint density at radius 2 is 1.95 bits per heavy atom. The van der Waals surface area contributed by atoms with Gasteiger partial charge in [-0.25, -0.2) is 19.7 Å². The Labute approximate surface area is 229 Å². The van der Waals surface area contributed by atoms with E-state index in [0.29, 0.717) is 28.6 Å². The number of carboxylic acids is 1. The lowest BCUT2D eigenvalue weighted by molar-refractivity contribution is -0.137. The highest BCUT2D eigenvalue weighted by Crippen LogP contribution is 2.37. The maximum absolute atomic E-state index is 13.5. The molecular weight excluding hydrogens is 523 g/mol. The van der Waals surface area contributed by atoms with E-state index >= 15 is 0 Å². The summed E-state index contributed by atoms with van der Waals surface area (Å²) in [6, 6.07) is 11.1. The lowest BCUT2D eigenvalue weighted by atomic mass is 9.80. The van der Waals surface area contributed by atoms with Crippen molar-refractivity contribution >= 4 is 23.0 Å². The van der Waals surface area contributed by atoms with Crippen molar-refractivity contribution in [3.05, 3.63) is 65.0 Å².